The molecule has 0 saturated carbocycles. The highest BCUT2D eigenvalue weighted by Gasteiger charge is 2.15. The zero-order valence-corrected chi connectivity index (χ0v) is 9.16. The third-order valence-corrected chi connectivity index (χ3v) is 2.48. The highest BCUT2D eigenvalue weighted by Crippen LogP contribution is 2.28. The van der Waals surface area contributed by atoms with Crippen LogP contribution in [-0.2, 0) is 16.0 Å². The van der Waals surface area contributed by atoms with Gasteiger partial charge in [-0.2, -0.15) is 0 Å². The van der Waals surface area contributed by atoms with Crippen molar-refractivity contribution >= 4 is 17.5 Å². The van der Waals surface area contributed by atoms with Gasteiger partial charge in [-0.05, 0) is 24.1 Å². The Balaban J connectivity index is 2.07. The van der Waals surface area contributed by atoms with Crippen LogP contribution < -0.4 is 21.3 Å². The Morgan fingerprint density at radius 3 is 3.12 bits per heavy atom. The van der Waals surface area contributed by atoms with Crippen LogP contribution in [0.2, 0.25) is 0 Å². The summed E-state index contributed by atoms with van der Waals surface area (Å²) in [6.45, 7) is 0.0436. The van der Waals surface area contributed by atoms with Crippen molar-refractivity contribution in [2.24, 2.45) is 5.84 Å². The molecule has 4 N–H and O–H groups in total. The van der Waals surface area contributed by atoms with E-state index in [4.69, 9.17) is 10.6 Å². The Kier molecular flexibility index (Phi) is 3.24. The van der Waals surface area contributed by atoms with Crippen molar-refractivity contribution in [3.63, 3.8) is 0 Å². The molecule has 0 unspecified atom stereocenters. The van der Waals surface area contributed by atoms with Gasteiger partial charge in [0, 0.05) is 6.42 Å². The van der Waals surface area contributed by atoms with Gasteiger partial charge in [0.1, 0.15) is 5.75 Å². The van der Waals surface area contributed by atoms with E-state index in [0.717, 1.165) is 5.56 Å². The summed E-state index contributed by atoms with van der Waals surface area (Å²) >= 11 is 0. The van der Waals surface area contributed by atoms with Gasteiger partial charge in [0.05, 0.1) is 5.69 Å². The molecule has 0 saturated heterocycles. The fourth-order valence-electron chi connectivity index (χ4n) is 1.62. The lowest BCUT2D eigenvalue weighted by molar-refractivity contribution is -0.121. The van der Waals surface area contributed by atoms with Crippen molar-refractivity contribution in [2.75, 3.05) is 11.9 Å². The first kappa shape index (κ1) is 11.4. The lowest BCUT2D eigenvalue weighted by Crippen LogP contribution is -2.30. The summed E-state index contributed by atoms with van der Waals surface area (Å²) < 4.78 is 5.23. The first-order valence-electron chi connectivity index (χ1n) is 5.24. The number of rotatable bonds is 3. The van der Waals surface area contributed by atoms with Crippen molar-refractivity contribution in [1.82, 2.24) is 5.43 Å². The van der Waals surface area contributed by atoms with Crippen LogP contribution in [0.25, 0.3) is 0 Å². The minimum Gasteiger partial charge on any atom is -0.482 e. The standard InChI is InChI=1S/C11H13N3O3/c12-14-10(15)4-2-7-1-3-9-8(5-7)13-11(16)6-17-9/h1,3,5H,2,4,6,12H2,(H,13,16)(H,14,15). The zero-order chi connectivity index (χ0) is 12.3. The number of nitrogens with one attached hydrogen (secondary N) is 2. The predicted molar refractivity (Wildman–Crippen MR) is 61.2 cm³/mol. The number of hydrazine groups is 1. The van der Waals surface area contributed by atoms with Crippen LogP contribution in [0.1, 0.15) is 12.0 Å². The maximum Gasteiger partial charge on any atom is 0.262 e. The number of nitrogens with two attached hydrogens (primary N) is 1. The summed E-state index contributed by atoms with van der Waals surface area (Å²) in [5.41, 5.74) is 3.66. The van der Waals surface area contributed by atoms with Gasteiger partial charge in [0.25, 0.3) is 5.91 Å². The molecule has 6 nitrogen and oxygen atoms in total. The Labute approximate surface area is 98.1 Å². The van der Waals surface area contributed by atoms with Crippen molar-refractivity contribution < 1.29 is 14.3 Å². The molecule has 6 heteroatoms. The number of amides is 2. The maximum absolute atomic E-state index is 11.1. The smallest absolute Gasteiger partial charge is 0.262 e. The first-order chi connectivity index (χ1) is 8.19. The predicted octanol–water partition coefficient (Wildman–Crippen LogP) is -0.0600. The van der Waals surface area contributed by atoms with Crippen LogP contribution in [0.5, 0.6) is 5.75 Å². The van der Waals surface area contributed by atoms with E-state index in [2.05, 4.69) is 10.7 Å². The summed E-state index contributed by atoms with van der Waals surface area (Å²) in [5, 5.41) is 2.71. The van der Waals surface area contributed by atoms with Gasteiger partial charge in [-0.3, -0.25) is 15.0 Å². The number of ether oxygens (including phenoxy) is 1. The molecule has 1 aliphatic rings. The SMILES string of the molecule is NNC(=O)CCc1ccc2c(c1)NC(=O)CO2. The Morgan fingerprint density at radius 1 is 1.53 bits per heavy atom. The Hall–Kier alpha value is -2.08. The van der Waals surface area contributed by atoms with Crippen LogP contribution in [-0.4, -0.2) is 18.4 Å². The van der Waals surface area contributed by atoms with E-state index < -0.39 is 0 Å². The molecule has 0 aliphatic carbocycles. The van der Waals surface area contributed by atoms with Gasteiger partial charge in [-0.1, -0.05) is 6.07 Å². The zero-order valence-electron chi connectivity index (χ0n) is 9.16. The number of carbonyl (C=O) groups excluding carboxylic acids is 2. The monoisotopic (exact) mass is 235 g/mol. The fourth-order valence-corrected chi connectivity index (χ4v) is 1.62. The Morgan fingerprint density at radius 2 is 2.35 bits per heavy atom. The summed E-state index contributed by atoms with van der Waals surface area (Å²) in [4.78, 5) is 22.1. The topological polar surface area (TPSA) is 93.5 Å². The second kappa shape index (κ2) is 4.84. The van der Waals surface area contributed by atoms with Crippen LogP contribution in [0.3, 0.4) is 0 Å². The Bertz CT molecular complexity index is 459. The average molecular weight is 235 g/mol. The van der Waals surface area contributed by atoms with Crippen molar-refractivity contribution in [3.05, 3.63) is 23.8 Å². The van der Waals surface area contributed by atoms with Crippen LogP contribution in [0.15, 0.2) is 18.2 Å². The molecule has 0 fully saturated rings. The fraction of sp³-hybridized carbons (Fsp3) is 0.273. The van der Waals surface area contributed by atoms with Crippen molar-refractivity contribution in [3.8, 4) is 5.75 Å². The molecular weight excluding hydrogens is 222 g/mol. The van der Waals surface area contributed by atoms with E-state index in [1.807, 2.05) is 6.07 Å². The molecule has 0 radical (unpaired) electrons. The summed E-state index contributed by atoms with van der Waals surface area (Å²) in [7, 11) is 0. The van der Waals surface area contributed by atoms with Crippen molar-refractivity contribution in [1.29, 1.82) is 0 Å². The quantitative estimate of drug-likeness (QED) is 0.388. The van der Waals surface area contributed by atoms with Crippen LogP contribution >= 0.6 is 0 Å². The molecule has 1 aromatic rings. The number of carbonyl (C=O) groups is 2. The van der Waals surface area contributed by atoms with Crippen LogP contribution in [0.4, 0.5) is 5.69 Å². The summed E-state index contributed by atoms with van der Waals surface area (Å²) in [6.07, 6.45) is 0.871. The highest BCUT2D eigenvalue weighted by atomic mass is 16.5. The number of anilines is 1. The molecule has 0 atom stereocenters. The second-order valence-electron chi connectivity index (χ2n) is 3.73. The number of aryl methyl sites for hydroxylation is 1. The van der Waals surface area contributed by atoms with Gasteiger partial charge in [-0.15, -0.1) is 0 Å². The third kappa shape index (κ3) is 2.73. The van der Waals surface area contributed by atoms with E-state index in [1.54, 1.807) is 12.1 Å². The molecule has 2 amide bonds. The molecule has 2 rings (SSSR count). The van der Waals surface area contributed by atoms with Gasteiger partial charge in [0.2, 0.25) is 5.91 Å². The molecule has 17 heavy (non-hydrogen) atoms. The maximum atomic E-state index is 11.1. The molecule has 0 bridgehead atoms. The van der Waals surface area contributed by atoms with Gasteiger partial charge in [0.15, 0.2) is 6.61 Å². The first-order valence-corrected chi connectivity index (χ1v) is 5.24. The largest absolute Gasteiger partial charge is 0.482 e. The van der Waals surface area contributed by atoms with E-state index >= 15 is 0 Å². The normalized spacial score (nSPS) is 13.4. The van der Waals surface area contributed by atoms with E-state index in [9.17, 15) is 9.59 Å². The van der Waals surface area contributed by atoms with E-state index in [1.165, 1.54) is 0 Å². The lowest BCUT2D eigenvalue weighted by atomic mass is 10.1. The number of fused-ring (bicyclic) bond motifs is 1. The summed E-state index contributed by atoms with van der Waals surface area (Å²) in [5.74, 6) is 5.25. The molecule has 0 spiro atoms. The van der Waals surface area contributed by atoms with Crippen LogP contribution in [0, 0.1) is 0 Å². The lowest BCUT2D eigenvalue weighted by Gasteiger charge is -2.18. The molecular formula is C11H13N3O3. The van der Waals surface area contributed by atoms with Gasteiger partial charge < -0.3 is 10.1 Å². The summed E-state index contributed by atoms with van der Waals surface area (Å²) in [6, 6.07) is 5.45. The van der Waals surface area contributed by atoms with Crippen molar-refractivity contribution in [2.45, 2.75) is 12.8 Å². The molecule has 1 heterocycles. The molecule has 1 aromatic carbocycles. The minimum absolute atomic E-state index is 0.0436. The third-order valence-electron chi connectivity index (χ3n) is 2.48. The molecule has 90 valence electrons. The van der Waals surface area contributed by atoms with E-state index in [0.29, 0.717) is 24.3 Å². The minimum atomic E-state index is -0.219. The van der Waals surface area contributed by atoms with E-state index in [-0.39, 0.29) is 18.4 Å². The average Bonchev–Trinajstić information content (AvgIpc) is 2.35. The van der Waals surface area contributed by atoms with Gasteiger partial charge >= 0.3 is 0 Å². The second-order valence-corrected chi connectivity index (χ2v) is 3.73. The number of hydrogen-bond acceptors (Lipinski definition) is 4. The molecule has 1 aliphatic heterocycles. The number of hydrogen-bond donors (Lipinski definition) is 3. The highest BCUT2D eigenvalue weighted by molar-refractivity contribution is 5.95. The number of benzene rings is 1. The van der Waals surface area contributed by atoms with Gasteiger partial charge in [-0.25, -0.2) is 5.84 Å². The molecule has 0 aromatic heterocycles.